The number of hydrogen-bond acceptors (Lipinski definition) is 2. The summed E-state index contributed by atoms with van der Waals surface area (Å²) in [5.41, 5.74) is 0.841. The van der Waals surface area contributed by atoms with E-state index in [0.717, 1.165) is 18.5 Å². The molecule has 1 saturated carbocycles. The molecule has 1 aliphatic rings. The largest absolute Gasteiger partial charge is 0.353 e. The van der Waals surface area contributed by atoms with Crippen molar-refractivity contribution < 1.29 is 9.59 Å². The van der Waals surface area contributed by atoms with Crippen LogP contribution in [0.1, 0.15) is 39.0 Å². The maximum atomic E-state index is 12.2. The third-order valence-electron chi connectivity index (χ3n) is 3.72. The van der Waals surface area contributed by atoms with Gasteiger partial charge in [0.1, 0.15) is 6.42 Å². The van der Waals surface area contributed by atoms with E-state index >= 15 is 0 Å². The second-order valence-electron chi connectivity index (χ2n) is 5.20. The summed E-state index contributed by atoms with van der Waals surface area (Å²) in [4.78, 5) is 25.8. The quantitative estimate of drug-likeness (QED) is 0.839. The Labute approximate surface area is 120 Å². The monoisotopic (exact) mass is 274 g/mol. The van der Waals surface area contributed by atoms with Crippen molar-refractivity contribution in [3.63, 3.8) is 0 Å². The Morgan fingerprint density at radius 1 is 1.20 bits per heavy atom. The van der Waals surface area contributed by atoms with Crippen molar-refractivity contribution >= 4 is 17.5 Å². The van der Waals surface area contributed by atoms with E-state index in [4.69, 9.17) is 0 Å². The van der Waals surface area contributed by atoms with Gasteiger partial charge < -0.3 is 10.2 Å². The van der Waals surface area contributed by atoms with Crippen LogP contribution in [0.25, 0.3) is 0 Å². The van der Waals surface area contributed by atoms with Crippen LogP contribution in [0, 0.1) is 0 Å². The van der Waals surface area contributed by atoms with Crippen LogP contribution >= 0.6 is 0 Å². The molecule has 1 aromatic rings. The van der Waals surface area contributed by atoms with Crippen LogP contribution in [-0.4, -0.2) is 24.4 Å². The molecule has 1 N–H and O–H groups in total. The lowest BCUT2D eigenvalue weighted by atomic mass is 10.2. The lowest BCUT2D eigenvalue weighted by molar-refractivity contribution is -0.128. The highest BCUT2D eigenvalue weighted by molar-refractivity contribution is 6.05. The van der Waals surface area contributed by atoms with Crippen LogP contribution in [0.3, 0.4) is 0 Å². The predicted molar refractivity (Wildman–Crippen MR) is 79.5 cm³/mol. The van der Waals surface area contributed by atoms with Crippen LogP contribution in [0.4, 0.5) is 5.69 Å². The van der Waals surface area contributed by atoms with E-state index in [9.17, 15) is 9.59 Å². The molecule has 0 saturated heterocycles. The first kappa shape index (κ1) is 14.6. The Balaban J connectivity index is 1.90. The number of nitrogens with zero attached hydrogens (tertiary/aromatic N) is 1. The SMILES string of the molecule is CCN(C(=O)CC(=O)NC1CCCC1)c1ccccc1. The van der Waals surface area contributed by atoms with Crippen LogP contribution < -0.4 is 10.2 Å². The van der Waals surface area contributed by atoms with E-state index in [2.05, 4.69) is 5.32 Å². The summed E-state index contributed by atoms with van der Waals surface area (Å²) in [6.07, 6.45) is 4.35. The molecule has 0 radical (unpaired) electrons. The Morgan fingerprint density at radius 3 is 2.45 bits per heavy atom. The molecular weight excluding hydrogens is 252 g/mol. The third-order valence-corrected chi connectivity index (χ3v) is 3.72. The topological polar surface area (TPSA) is 49.4 Å². The second-order valence-corrected chi connectivity index (χ2v) is 5.20. The molecule has 0 unspecified atom stereocenters. The molecule has 4 nitrogen and oxygen atoms in total. The molecule has 1 fully saturated rings. The number of anilines is 1. The Hall–Kier alpha value is -1.84. The fourth-order valence-corrected chi connectivity index (χ4v) is 2.69. The minimum atomic E-state index is -0.156. The number of carbonyl (C=O) groups excluding carboxylic acids is 2. The first-order valence-electron chi connectivity index (χ1n) is 7.35. The molecule has 1 aliphatic carbocycles. The van der Waals surface area contributed by atoms with E-state index in [-0.39, 0.29) is 24.3 Å². The second kappa shape index (κ2) is 7.08. The van der Waals surface area contributed by atoms with Gasteiger partial charge >= 0.3 is 0 Å². The molecule has 2 rings (SSSR count). The zero-order valence-electron chi connectivity index (χ0n) is 12.0. The van der Waals surface area contributed by atoms with Crippen molar-refractivity contribution in [1.82, 2.24) is 5.32 Å². The van der Waals surface area contributed by atoms with Crippen LogP contribution in [0.5, 0.6) is 0 Å². The Morgan fingerprint density at radius 2 is 1.85 bits per heavy atom. The van der Waals surface area contributed by atoms with Crippen molar-refractivity contribution in [2.24, 2.45) is 0 Å². The summed E-state index contributed by atoms with van der Waals surface area (Å²) in [5.74, 6) is -0.300. The molecule has 20 heavy (non-hydrogen) atoms. The molecule has 0 atom stereocenters. The van der Waals surface area contributed by atoms with Crippen molar-refractivity contribution in [1.29, 1.82) is 0 Å². The number of amides is 2. The number of para-hydroxylation sites is 1. The summed E-state index contributed by atoms with van der Waals surface area (Å²) in [6, 6.07) is 9.73. The van der Waals surface area contributed by atoms with E-state index in [0.29, 0.717) is 6.54 Å². The van der Waals surface area contributed by atoms with Gasteiger partial charge in [-0.15, -0.1) is 0 Å². The van der Waals surface area contributed by atoms with Gasteiger partial charge in [-0.1, -0.05) is 31.0 Å². The summed E-state index contributed by atoms with van der Waals surface area (Å²) in [5, 5.41) is 2.95. The number of rotatable bonds is 5. The highest BCUT2D eigenvalue weighted by Gasteiger charge is 2.21. The van der Waals surface area contributed by atoms with Gasteiger partial charge in [0.05, 0.1) is 0 Å². The summed E-state index contributed by atoms with van der Waals surface area (Å²) < 4.78 is 0. The zero-order valence-corrected chi connectivity index (χ0v) is 12.0. The highest BCUT2D eigenvalue weighted by Crippen LogP contribution is 2.18. The van der Waals surface area contributed by atoms with E-state index in [1.54, 1.807) is 4.90 Å². The number of nitrogens with one attached hydrogen (secondary N) is 1. The molecule has 2 amide bonds. The number of hydrogen-bond donors (Lipinski definition) is 1. The highest BCUT2D eigenvalue weighted by atomic mass is 16.2. The number of benzene rings is 1. The zero-order chi connectivity index (χ0) is 14.4. The van der Waals surface area contributed by atoms with Crippen molar-refractivity contribution in [2.45, 2.75) is 45.1 Å². The summed E-state index contributed by atoms with van der Waals surface area (Å²) >= 11 is 0. The lowest BCUT2D eigenvalue weighted by Gasteiger charge is -2.21. The molecule has 0 aromatic heterocycles. The minimum Gasteiger partial charge on any atom is -0.353 e. The molecule has 1 aromatic carbocycles. The van der Waals surface area contributed by atoms with Gasteiger partial charge in [-0.05, 0) is 31.9 Å². The predicted octanol–water partition coefficient (Wildman–Crippen LogP) is 2.49. The van der Waals surface area contributed by atoms with Crippen LogP contribution in [0.15, 0.2) is 30.3 Å². The maximum absolute atomic E-state index is 12.2. The van der Waals surface area contributed by atoms with Crippen LogP contribution in [0.2, 0.25) is 0 Å². The molecule has 0 spiro atoms. The molecule has 4 heteroatoms. The third kappa shape index (κ3) is 3.83. The maximum Gasteiger partial charge on any atom is 0.236 e. The van der Waals surface area contributed by atoms with E-state index in [1.807, 2.05) is 37.3 Å². The van der Waals surface area contributed by atoms with Gasteiger partial charge in [0.2, 0.25) is 11.8 Å². The Kier molecular flexibility index (Phi) is 5.16. The smallest absolute Gasteiger partial charge is 0.236 e. The van der Waals surface area contributed by atoms with Crippen molar-refractivity contribution in [2.75, 3.05) is 11.4 Å². The molecule has 0 heterocycles. The van der Waals surface area contributed by atoms with Gasteiger partial charge in [-0.25, -0.2) is 0 Å². The van der Waals surface area contributed by atoms with Gasteiger partial charge in [0, 0.05) is 18.3 Å². The molecule has 0 aliphatic heterocycles. The van der Waals surface area contributed by atoms with Gasteiger partial charge in [0.25, 0.3) is 0 Å². The minimum absolute atomic E-state index is 0.0702. The average molecular weight is 274 g/mol. The average Bonchev–Trinajstić information content (AvgIpc) is 2.93. The van der Waals surface area contributed by atoms with Gasteiger partial charge in [0.15, 0.2) is 0 Å². The number of carbonyl (C=O) groups is 2. The molecule has 108 valence electrons. The van der Waals surface area contributed by atoms with E-state index < -0.39 is 0 Å². The first-order chi connectivity index (χ1) is 9.70. The molecule has 0 bridgehead atoms. The summed E-state index contributed by atoms with van der Waals surface area (Å²) in [7, 11) is 0. The fraction of sp³-hybridized carbons (Fsp3) is 0.500. The van der Waals surface area contributed by atoms with Crippen molar-refractivity contribution in [3.8, 4) is 0 Å². The van der Waals surface area contributed by atoms with Crippen LogP contribution in [-0.2, 0) is 9.59 Å². The lowest BCUT2D eigenvalue weighted by Crippen LogP contribution is -2.38. The summed E-state index contributed by atoms with van der Waals surface area (Å²) in [6.45, 7) is 2.49. The molecular formula is C16H22N2O2. The fourth-order valence-electron chi connectivity index (χ4n) is 2.69. The van der Waals surface area contributed by atoms with Gasteiger partial charge in [-0.3, -0.25) is 9.59 Å². The standard InChI is InChI=1S/C16H22N2O2/c1-2-18(14-10-4-3-5-11-14)16(20)12-15(19)17-13-8-6-7-9-13/h3-5,10-11,13H,2,6-9,12H2,1H3,(H,17,19). The van der Waals surface area contributed by atoms with Gasteiger partial charge in [-0.2, -0.15) is 0 Å². The first-order valence-corrected chi connectivity index (χ1v) is 7.35. The Bertz CT molecular complexity index is 453. The van der Waals surface area contributed by atoms with Crippen molar-refractivity contribution in [3.05, 3.63) is 30.3 Å². The van der Waals surface area contributed by atoms with E-state index in [1.165, 1.54) is 12.8 Å². The normalized spacial score (nSPS) is 15.1.